The van der Waals surface area contributed by atoms with Crippen molar-refractivity contribution >= 4 is 5.97 Å². The molecule has 5 heteroatoms. The Hall–Kier alpha value is -1.33. The van der Waals surface area contributed by atoms with Gasteiger partial charge in [0.15, 0.2) is 0 Å². The maximum atomic E-state index is 11.5. The Balaban J connectivity index is 2.67. The fourth-order valence-electron chi connectivity index (χ4n) is 1.58. The highest BCUT2D eigenvalue weighted by atomic mass is 16.5. The molecule has 1 aromatic heterocycles. The molecule has 0 bridgehead atoms. The second kappa shape index (κ2) is 6.30. The van der Waals surface area contributed by atoms with E-state index in [1.54, 1.807) is 6.26 Å². The van der Waals surface area contributed by atoms with Crippen molar-refractivity contribution in [2.45, 2.75) is 19.5 Å². The number of esters is 1. The summed E-state index contributed by atoms with van der Waals surface area (Å²) in [6.45, 7) is 3.47. The Kier molecular flexibility index (Phi) is 5.01. The molecule has 0 aliphatic carbocycles. The topological polar surface area (TPSA) is 68.7 Å². The van der Waals surface area contributed by atoms with E-state index in [1.807, 2.05) is 24.0 Å². The average Bonchev–Trinajstić information content (AvgIpc) is 2.81. The van der Waals surface area contributed by atoms with Gasteiger partial charge in [-0.05, 0) is 18.7 Å². The maximum absolute atomic E-state index is 11.5. The van der Waals surface area contributed by atoms with Crippen LogP contribution in [0.3, 0.4) is 0 Å². The molecular formula is C11H18N2O3. The zero-order chi connectivity index (χ0) is 12.0. The molecule has 2 N–H and O–H groups in total. The third kappa shape index (κ3) is 3.08. The van der Waals surface area contributed by atoms with E-state index in [1.165, 1.54) is 7.11 Å². The maximum Gasteiger partial charge on any atom is 0.324 e. The minimum absolute atomic E-state index is 0.237. The summed E-state index contributed by atoms with van der Waals surface area (Å²) in [5, 5.41) is 0. The van der Waals surface area contributed by atoms with Gasteiger partial charge in [-0.2, -0.15) is 0 Å². The van der Waals surface area contributed by atoms with Crippen LogP contribution in [0, 0.1) is 0 Å². The number of carbonyl (C=O) groups excluding carboxylic acids is 1. The van der Waals surface area contributed by atoms with E-state index in [2.05, 4.69) is 0 Å². The van der Waals surface area contributed by atoms with Crippen molar-refractivity contribution in [3.8, 4) is 0 Å². The van der Waals surface area contributed by atoms with E-state index in [9.17, 15) is 4.79 Å². The van der Waals surface area contributed by atoms with E-state index in [4.69, 9.17) is 14.9 Å². The van der Waals surface area contributed by atoms with Crippen LogP contribution in [0.4, 0.5) is 0 Å². The molecule has 0 aliphatic rings. The zero-order valence-electron chi connectivity index (χ0n) is 9.68. The van der Waals surface area contributed by atoms with Gasteiger partial charge in [-0.3, -0.25) is 9.69 Å². The molecule has 0 fully saturated rings. The van der Waals surface area contributed by atoms with Gasteiger partial charge in [0.1, 0.15) is 11.8 Å². The van der Waals surface area contributed by atoms with Crippen molar-refractivity contribution in [2.75, 3.05) is 20.2 Å². The molecule has 0 aliphatic heterocycles. The number of carbonyl (C=O) groups is 1. The second-order valence-corrected chi connectivity index (χ2v) is 3.42. The molecule has 0 amide bonds. The number of methoxy groups -OCH3 is 1. The molecule has 90 valence electrons. The number of hydrogen-bond donors (Lipinski definition) is 1. The average molecular weight is 226 g/mol. The number of nitrogens with two attached hydrogens (primary N) is 1. The minimum Gasteiger partial charge on any atom is -0.468 e. The van der Waals surface area contributed by atoms with Crippen molar-refractivity contribution in [1.29, 1.82) is 0 Å². The first kappa shape index (κ1) is 12.7. The van der Waals surface area contributed by atoms with Crippen LogP contribution in [0.2, 0.25) is 0 Å². The van der Waals surface area contributed by atoms with Crippen LogP contribution in [0.1, 0.15) is 12.7 Å². The van der Waals surface area contributed by atoms with Crippen LogP contribution in [0.25, 0.3) is 0 Å². The van der Waals surface area contributed by atoms with Crippen LogP contribution in [-0.4, -0.2) is 37.1 Å². The number of hydrogen-bond acceptors (Lipinski definition) is 5. The van der Waals surface area contributed by atoms with E-state index in [-0.39, 0.29) is 12.5 Å². The first-order valence-corrected chi connectivity index (χ1v) is 5.27. The van der Waals surface area contributed by atoms with Gasteiger partial charge in [0.2, 0.25) is 0 Å². The highest BCUT2D eigenvalue weighted by molar-refractivity contribution is 5.75. The normalized spacial score (nSPS) is 12.8. The smallest absolute Gasteiger partial charge is 0.324 e. The molecular weight excluding hydrogens is 208 g/mol. The van der Waals surface area contributed by atoms with E-state index < -0.39 is 6.04 Å². The van der Waals surface area contributed by atoms with E-state index in [0.717, 1.165) is 5.76 Å². The summed E-state index contributed by atoms with van der Waals surface area (Å²) in [5.74, 6) is 0.500. The van der Waals surface area contributed by atoms with Crippen molar-refractivity contribution in [3.05, 3.63) is 24.2 Å². The molecule has 0 radical (unpaired) electrons. The molecule has 0 saturated heterocycles. The highest BCUT2D eigenvalue weighted by Gasteiger charge is 2.24. The quantitative estimate of drug-likeness (QED) is 0.719. The van der Waals surface area contributed by atoms with Crippen LogP contribution in [0.15, 0.2) is 22.8 Å². The molecule has 1 aromatic rings. The van der Waals surface area contributed by atoms with Crippen LogP contribution < -0.4 is 5.73 Å². The monoisotopic (exact) mass is 226 g/mol. The van der Waals surface area contributed by atoms with Gasteiger partial charge in [0.05, 0.1) is 19.9 Å². The van der Waals surface area contributed by atoms with Crippen LogP contribution >= 0.6 is 0 Å². The minimum atomic E-state index is -0.417. The Labute approximate surface area is 95.2 Å². The van der Waals surface area contributed by atoms with Gasteiger partial charge in [-0.15, -0.1) is 0 Å². The lowest BCUT2D eigenvalue weighted by Crippen LogP contribution is -2.46. The highest BCUT2D eigenvalue weighted by Crippen LogP contribution is 2.09. The fourth-order valence-corrected chi connectivity index (χ4v) is 1.58. The summed E-state index contributed by atoms with van der Waals surface area (Å²) < 4.78 is 9.95. The summed E-state index contributed by atoms with van der Waals surface area (Å²) in [6.07, 6.45) is 1.61. The molecule has 1 heterocycles. The van der Waals surface area contributed by atoms with Crippen LogP contribution in [-0.2, 0) is 16.1 Å². The van der Waals surface area contributed by atoms with Gasteiger partial charge in [0.25, 0.3) is 0 Å². The Bertz CT molecular complexity index is 311. The lowest BCUT2D eigenvalue weighted by molar-refractivity contribution is -0.146. The van der Waals surface area contributed by atoms with E-state index in [0.29, 0.717) is 13.1 Å². The molecule has 5 nitrogen and oxygen atoms in total. The number of nitrogens with zero attached hydrogens (tertiary/aromatic N) is 1. The largest absolute Gasteiger partial charge is 0.468 e. The third-order valence-electron chi connectivity index (χ3n) is 2.48. The van der Waals surface area contributed by atoms with E-state index >= 15 is 0 Å². The van der Waals surface area contributed by atoms with Crippen molar-refractivity contribution in [3.63, 3.8) is 0 Å². The standard InChI is InChI=1S/C11H18N2O3/c1-3-13(8-9-5-4-6-16-9)10(7-12)11(14)15-2/h4-6,10H,3,7-8,12H2,1-2H3. The summed E-state index contributed by atoms with van der Waals surface area (Å²) >= 11 is 0. The first-order chi connectivity index (χ1) is 7.72. The van der Waals surface area contributed by atoms with Crippen molar-refractivity contribution in [2.24, 2.45) is 5.73 Å². The Morgan fingerprint density at radius 2 is 2.44 bits per heavy atom. The Morgan fingerprint density at radius 3 is 2.88 bits per heavy atom. The predicted molar refractivity (Wildman–Crippen MR) is 59.7 cm³/mol. The summed E-state index contributed by atoms with van der Waals surface area (Å²) in [7, 11) is 1.37. The summed E-state index contributed by atoms with van der Waals surface area (Å²) in [5.41, 5.74) is 5.58. The van der Waals surface area contributed by atoms with Gasteiger partial charge >= 0.3 is 5.97 Å². The predicted octanol–water partition coefficient (Wildman–Crippen LogP) is 0.602. The van der Waals surface area contributed by atoms with Crippen molar-refractivity contribution in [1.82, 2.24) is 4.90 Å². The molecule has 1 rings (SSSR count). The van der Waals surface area contributed by atoms with Crippen LogP contribution in [0.5, 0.6) is 0 Å². The van der Waals surface area contributed by atoms with Gasteiger partial charge in [-0.1, -0.05) is 6.92 Å². The lowest BCUT2D eigenvalue weighted by atomic mass is 10.2. The van der Waals surface area contributed by atoms with Crippen molar-refractivity contribution < 1.29 is 13.9 Å². The molecule has 0 spiro atoms. The third-order valence-corrected chi connectivity index (χ3v) is 2.48. The molecule has 16 heavy (non-hydrogen) atoms. The molecule has 0 aromatic carbocycles. The Morgan fingerprint density at radius 1 is 1.69 bits per heavy atom. The van der Waals surface area contributed by atoms with Gasteiger partial charge in [-0.25, -0.2) is 0 Å². The second-order valence-electron chi connectivity index (χ2n) is 3.42. The molecule has 1 unspecified atom stereocenters. The number of furan rings is 1. The SMILES string of the molecule is CCN(Cc1ccco1)C(CN)C(=O)OC. The summed E-state index contributed by atoms with van der Waals surface area (Å²) in [4.78, 5) is 13.4. The van der Waals surface area contributed by atoms with Gasteiger partial charge < -0.3 is 14.9 Å². The summed E-state index contributed by atoms with van der Waals surface area (Å²) in [6, 6.07) is 3.27. The van der Waals surface area contributed by atoms with Gasteiger partial charge in [0, 0.05) is 6.54 Å². The molecule has 1 atom stereocenters. The lowest BCUT2D eigenvalue weighted by Gasteiger charge is -2.26. The zero-order valence-corrected chi connectivity index (χ0v) is 9.68. The first-order valence-electron chi connectivity index (χ1n) is 5.27. The molecule has 0 saturated carbocycles. The number of ether oxygens (including phenoxy) is 1. The fraction of sp³-hybridized carbons (Fsp3) is 0.545. The number of rotatable bonds is 6. The number of likely N-dealkylation sites (N-methyl/N-ethyl adjacent to an activating group) is 1.